The van der Waals surface area contributed by atoms with Crippen molar-refractivity contribution in [3.8, 4) is 0 Å². The van der Waals surface area contributed by atoms with Crippen LogP contribution in [0.4, 0.5) is 0 Å². The number of piperidine rings is 1. The van der Waals surface area contributed by atoms with Crippen molar-refractivity contribution in [2.75, 3.05) is 6.26 Å². The van der Waals surface area contributed by atoms with Crippen molar-refractivity contribution in [1.29, 1.82) is 0 Å². The van der Waals surface area contributed by atoms with E-state index >= 15 is 0 Å². The Hall–Kier alpha value is -0.130. The first-order chi connectivity index (χ1) is 11.0. The molecule has 0 amide bonds. The Morgan fingerprint density at radius 2 is 1.52 bits per heavy atom. The highest BCUT2D eigenvalue weighted by Crippen LogP contribution is 2.33. The van der Waals surface area contributed by atoms with Crippen molar-refractivity contribution >= 4 is 9.84 Å². The largest absolute Gasteiger partial charge is 0.299 e. The normalized spacial score (nSPS) is 37.6. The number of sulfone groups is 1. The number of rotatable bonds is 4. The van der Waals surface area contributed by atoms with Gasteiger partial charge in [0.1, 0.15) is 9.84 Å². The third kappa shape index (κ3) is 4.93. The fourth-order valence-corrected chi connectivity index (χ4v) is 6.07. The summed E-state index contributed by atoms with van der Waals surface area (Å²) in [5.74, 6) is 0.670. The van der Waals surface area contributed by atoms with E-state index in [2.05, 4.69) is 10.6 Å². The van der Waals surface area contributed by atoms with Crippen LogP contribution in [0.1, 0.15) is 77.0 Å². The third-order valence-corrected chi connectivity index (χ3v) is 8.04. The summed E-state index contributed by atoms with van der Waals surface area (Å²) >= 11 is 0. The van der Waals surface area contributed by atoms with Crippen molar-refractivity contribution in [3.05, 3.63) is 0 Å². The Morgan fingerprint density at radius 1 is 0.826 bits per heavy atom. The molecule has 0 aromatic rings. The highest BCUT2D eigenvalue weighted by Gasteiger charge is 2.34. The Bertz CT molecular complexity index is 465. The van der Waals surface area contributed by atoms with Gasteiger partial charge < -0.3 is 0 Å². The topological polar surface area (TPSA) is 58.2 Å². The lowest BCUT2D eigenvalue weighted by atomic mass is 9.80. The van der Waals surface area contributed by atoms with Crippen LogP contribution in [0.25, 0.3) is 0 Å². The molecular formula is C18H34N2O2S. The molecule has 2 aliphatic carbocycles. The van der Waals surface area contributed by atoms with Gasteiger partial charge in [-0.05, 0) is 63.7 Å². The molecule has 0 bridgehead atoms. The molecule has 23 heavy (non-hydrogen) atoms. The molecule has 0 aromatic carbocycles. The molecule has 2 saturated carbocycles. The molecule has 3 aliphatic rings. The fraction of sp³-hybridized carbons (Fsp3) is 1.00. The van der Waals surface area contributed by atoms with Crippen molar-refractivity contribution in [2.45, 2.75) is 101 Å². The quantitative estimate of drug-likeness (QED) is 0.825. The van der Waals surface area contributed by atoms with E-state index in [-0.39, 0.29) is 5.25 Å². The summed E-state index contributed by atoms with van der Waals surface area (Å²) in [6.07, 6.45) is 16.4. The fourth-order valence-electron chi connectivity index (χ4n) is 4.94. The molecule has 0 aromatic heterocycles. The van der Waals surface area contributed by atoms with Gasteiger partial charge in [0.25, 0.3) is 0 Å². The van der Waals surface area contributed by atoms with E-state index in [0.717, 1.165) is 25.7 Å². The van der Waals surface area contributed by atoms with Crippen molar-refractivity contribution < 1.29 is 8.42 Å². The van der Waals surface area contributed by atoms with Crippen LogP contribution >= 0.6 is 0 Å². The predicted octanol–water partition coefficient (Wildman–Crippen LogP) is 2.98. The van der Waals surface area contributed by atoms with E-state index in [1.54, 1.807) is 0 Å². The lowest BCUT2D eigenvalue weighted by Gasteiger charge is -2.40. The van der Waals surface area contributed by atoms with Crippen molar-refractivity contribution in [1.82, 2.24) is 10.6 Å². The first-order valence-electron chi connectivity index (χ1n) is 9.73. The molecule has 1 heterocycles. The zero-order valence-electron chi connectivity index (χ0n) is 14.6. The Labute approximate surface area is 142 Å². The van der Waals surface area contributed by atoms with Gasteiger partial charge in [-0.2, -0.15) is 0 Å². The molecule has 3 rings (SSSR count). The summed E-state index contributed by atoms with van der Waals surface area (Å²) in [5.41, 5.74) is 0. The van der Waals surface area contributed by atoms with E-state index in [9.17, 15) is 8.42 Å². The van der Waals surface area contributed by atoms with Crippen LogP contribution in [0, 0.1) is 5.92 Å². The van der Waals surface area contributed by atoms with Crippen LogP contribution in [0.2, 0.25) is 0 Å². The van der Waals surface area contributed by atoms with Crippen LogP contribution in [-0.4, -0.2) is 38.2 Å². The molecule has 4 nitrogen and oxygen atoms in total. The second kappa shape index (κ2) is 7.83. The molecule has 2 atom stereocenters. The minimum absolute atomic E-state index is 0.0847. The van der Waals surface area contributed by atoms with Gasteiger partial charge in [0, 0.05) is 18.3 Å². The van der Waals surface area contributed by atoms with Gasteiger partial charge >= 0.3 is 0 Å². The van der Waals surface area contributed by atoms with Gasteiger partial charge in [-0.15, -0.1) is 0 Å². The lowest BCUT2D eigenvalue weighted by molar-refractivity contribution is 0.175. The van der Waals surface area contributed by atoms with Gasteiger partial charge in [-0.1, -0.05) is 19.3 Å². The lowest BCUT2D eigenvalue weighted by Crippen LogP contribution is -2.56. The van der Waals surface area contributed by atoms with E-state index in [4.69, 9.17) is 0 Å². The summed E-state index contributed by atoms with van der Waals surface area (Å²) in [4.78, 5) is 0. The maximum atomic E-state index is 11.7. The molecule has 1 aliphatic heterocycles. The highest BCUT2D eigenvalue weighted by molar-refractivity contribution is 7.91. The van der Waals surface area contributed by atoms with Crippen LogP contribution in [0.3, 0.4) is 0 Å². The van der Waals surface area contributed by atoms with Crippen LogP contribution in [0.5, 0.6) is 0 Å². The molecule has 3 fully saturated rings. The first kappa shape index (κ1) is 17.7. The average molecular weight is 343 g/mol. The highest BCUT2D eigenvalue weighted by atomic mass is 32.2. The summed E-state index contributed by atoms with van der Waals surface area (Å²) in [7, 11) is -2.84. The van der Waals surface area contributed by atoms with Crippen molar-refractivity contribution in [3.63, 3.8) is 0 Å². The summed E-state index contributed by atoms with van der Waals surface area (Å²) in [6.45, 7) is 0. The van der Waals surface area contributed by atoms with Gasteiger partial charge in [0.15, 0.2) is 0 Å². The molecule has 0 spiro atoms. The minimum Gasteiger partial charge on any atom is -0.299 e. The van der Waals surface area contributed by atoms with Gasteiger partial charge in [0.2, 0.25) is 0 Å². The second-order valence-corrected chi connectivity index (χ2v) is 10.5. The Morgan fingerprint density at radius 3 is 2.17 bits per heavy atom. The number of hydrogen-bond acceptors (Lipinski definition) is 4. The first-order valence-corrected chi connectivity index (χ1v) is 11.7. The minimum atomic E-state index is -2.84. The summed E-state index contributed by atoms with van der Waals surface area (Å²) in [6, 6.07) is 1.30. The number of nitrogens with one attached hydrogen (secondary N) is 2. The number of hydrogen-bond donors (Lipinski definition) is 2. The molecule has 2 N–H and O–H groups in total. The maximum absolute atomic E-state index is 11.7. The van der Waals surface area contributed by atoms with Crippen LogP contribution in [-0.2, 0) is 9.84 Å². The molecule has 5 heteroatoms. The monoisotopic (exact) mass is 342 g/mol. The smallest absolute Gasteiger partial charge is 0.150 e. The van der Waals surface area contributed by atoms with Gasteiger partial charge in [0.05, 0.1) is 11.4 Å². The molecule has 0 radical (unpaired) electrons. The zero-order valence-corrected chi connectivity index (χ0v) is 15.4. The second-order valence-electron chi connectivity index (χ2n) is 8.12. The Kier molecular flexibility index (Phi) is 6.02. The van der Waals surface area contributed by atoms with Crippen molar-refractivity contribution in [2.24, 2.45) is 5.92 Å². The maximum Gasteiger partial charge on any atom is 0.150 e. The summed E-state index contributed by atoms with van der Waals surface area (Å²) in [5, 5.41) is 7.63. The summed E-state index contributed by atoms with van der Waals surface area (Å²) < 4.78 is 23.4. The van der Waals surface area contributed by atoms with Gasteiger partial charge in [-0.25, -0.2) is 8.42 Å². The predicted molar refractivity (Wildman–Crippen MR) is 95.2 cm³/mol. The SMILES string of the molecule is CS(=O)(=O)C1CCC(C2CCCC(NC3CCCCC3)N2)CC1. The third-order valence-electron chi connectivity index (χ3n) is 6.36. The van der Waals surface area contributed by atoms with Crippen LogP contribution in [0.15, 0.2) is 0 Å². The molecule has 2 unspecified atom stereocenters. The van der Waals surface area contributed by atoms with Gasteiger partial charge in [-0.3, -0.25) is 10.6 Å². The Balaban J connectivity index is 1.47. The zero-order chi connectivity index (χ0) is 16.3. The molecule has 1 saturated heterocycles. The van der Waals surface area contributed by atoms with E-state index in [0.29, 0.717) is 24.2 Å². The average Bonchev–Trinajstić information content (AvgIpc) is 2.55. The van der Waals surface area contributed by atoms with E-state index in [1.807, 2.05) is 0 Å². The van der Waals surface area contributed by atoms with E-state index < -0.39 is 9.84 Å². The standard InChI is InChI=1S/C18H34N2O2S/c1-23(21,22)16-12-10-14(11-13-16)17-8-5-9-18(20-17)19-15-6-3-2-4-7-15/h14-20H,2-13H2,1H3. The van der Waals surface area contributed by atoms with E-state index in [1.165, 1.54) is 57.6 Å². The van der Waals surface area contributed by atoms with Crippen LogP contribution < -0.4 is 10.6 Å². The molecule has 134 valence electrons. The molecular weight excluding hydrogens is 308 g/mol.